The lowest BCUT2D eigenvalue weighted by molar-refractivity contribution is 0.337. The summed E-state index contributed by atoms with van der Waals surface area (Å²) in [5.41, 5.74) is 0. The van der Waals surface area contributed by atoms with Gasteiger partial charge >= 0.3 is 0 Å². The molecule has 0 saturated heterocycles. The fraction of sp³-hybridized carbons (Fsp3) is 0.545. The SMILES string of the molecule is CN(CCNc1ncc(Cl)cc1Cl)C1CC1. The van der Waals surface area contributed by atoms with Crippen molar-refractivity contribution < 1.29 is 0 Å². The maximum Gasteiger partial charge on any atom is 0.144 e. The molecule has 0 aromatic carbocycles. The Morgan fingerprint density at radius 2 is 2.25 bits per heavy atom. The summed E-state index contributed by atoms with van der Waals surface area (Å²) in [7, 11) is 2.15. The van der Waals surface area contributed by atoms with Crippen LogP contribution in [0.5, 0.6) is 0 Å². The second-order valence-electron chi connectivity index (χ2n) is 4.12. The van der Waals surface area contributed by atoms with E-state index in [1.54, 1.807) is 12.3 Å². The predicted molar refractivity (Wildman–Crippen MR) is 68.4 cm³/mol. The Balaban J connectivity index is 1.80. The van der Waals surface area contributed by atoms with Gasteiger partial charge in [0.05, 0.1) is 10.0 Å². The number of nitrogens with zero attached hydrogens (tertiary/aromatic N) is 2. The minimum absolute atomic E-state index is 0.561. The fourth-order valence-electron chi connectivity index (χ4n) is 1.59. The molecule has 0 spiro atoms. The minimum atomic E-state index is 0.561. The summed E-state index contributed by atoms with van der Waals surface area (Å²) in [6, 6.07) is 2.48. The van der Waals surface area contributed by atoms with E-state index in [-0.39, 0.29) is 0 Å². The normalized spacial score (nSPS) is 15.5. The smallest absolute Gasteiger partial charge is 0.144 e. The van der Waals surface area contributed by atoms with Gasteiger partial charge in [-0.2, -0.15) is 0 Å². The number of pyridine rings is 1. The lowest BCUT2D eigenvalue weighted by Gasteiger charge is -2.16. The van der Waals surface area contributed by atoms with Crippen LogP contribution in [-0.4, -0.2) is 36.1 Å². The number of rotatable bonds is 5. The van der Waals surface area contributed by atoms with Crippen LogP contribution in [0.2, 0.25) is 10.0 Å². The third kappa shape index (κ3) is 3.24. The molecule has 3 nitrogen and oxygen atoms in total. The summed E-state index contributed by atoms with van der Waals surface area (Å²) in [5, 5.41) is 4.34. The highest BCUT2D eigenvalue weighted by Gasteiger charge is 2.25. The van der Waals surface area contributed by atoms with Crippen molar-refractivity contribution in [3.05, 3.63) is 22.3 Å². The van der Waals surface area contributed by atoms with Gasteiger partial charge in [0.15, 0.2) is 0 Å². The van der Waals surface area contributed by atoms with E-state index >= 15 is 0 Å². The Bertz CT molecular complexity index is 366. The second kappa shape index (κ2) is 5.21. The van der Waals surface area contributed by atoms with Crippen molar-refractivity contribution >= 4 is 29.0 Å². The Kier molecular flexibility index (Phi) is 3.90. The Morgan fingerprint density at radius 3 is 2.88 bits per heavy atom. The number of likely N-dealkylation sites (N-methyl/N-ethyl adjacent to an activating group) is 1. The van der Waals surface area contributed by atoms with Crippen molar-refractivity contribution in [2.45, 2.75) is 18.9 Å². The number of aromatic nitrogens is 1. The molecule has 1 aliphatic carbocycles. The Labute approximate surface area is 106 Å². The number of halogens is 2. The quantitative estimate of drug-likeness (QED) is 0.882. The van der Waals surface area contributed by atoms with Gasteiger partial charge in [0.25, 0.3) is 0 Å². The van der Waals surface area contributed by atoms with Crippen LogP contribution in [0.3, 0.4) is 0 Å². The molecule has 0 radical (unpaired) electrons. The van der Waals surface area contributed by atoms with Gasteiger partial charge in [0, 0.05) is 25.3 Å². The van der Waals surface area contributed by atoms with Gasteiger partial charge in [-0.15, -0.1) is 0 Å². The molecule has 1 N–H and O–H groups in total. The molecular formula is C11H15Cl2N3. The molecule has 1 aromatic rings. The zero-order valence-corrected chi connectivity index (χ0v) is 10.7. The van der Waals surface area contributed by atoms with E-state index in [1.165, 1.54) is 12.8 Å². The van der Waals surface area contributed by atoms with Gasteiger partial charge in [-0.25, -0.2) is 4.98 Å². The van der Waals surface area contributed by atoms with Gasteiger partial charge < -0.3 is 10.2 Å². The first kappa shape index (κ1) is 12.0. The second-order valence-corrected chi connectivity index (χ2v) is 4.97. The molecule has 88 valence electrons. The fourth-order valence-corrected chi connectivity index (χ4v) is 2.04. The number of hydrogen-bond donors (Lipinski definition) is 1. The van der Waals surface area contributed by atoms with Gasteiger partial charge in [-0.05, 0) is 26.0 Å². The van der Waals surface area contributed by atoms with Crippen LogP contribution in [0.4, 0.5) is 5.82 Å². The summed E-state index contributed by atoms with van der Waals surface area (Å²) in [4.78, 5) is 6.50. The summed E-state index contributed by atoms with van der Waals surface area (Å²) < 4.78 is 0. The highest BCUT2D eigenvalue weighted by molar-refractivity contribution is 6.35. The first-order chi connectivity index (χ1) is 7.66. The van der Waals surface area contributed by atoms with Crippen LogP contribution in [-0.2, 0) is 0 Å². The first-order valence-electron chi connectivity index (χ1n) is 5.42. The van der Waals surface area contributed by atoms with E-state index in [0.29, 0.717) is 15.9 Å². The van der Waals surface area contributed by atoms with E-state index in [9.17, 15) is 0 Å². The predicted octanol–water partition coefficient (Wildman–Crippen LogP) is 2.89. The van der Waals surface area contributed by atoms with Crippen LogP contribution < -0.4 is 5.32 Å². The molecule has 1 fully saturated rings. The van der Waals surface area contributed by atoms with E-state index in [1.807, 2.05) is 0 Å². The van der Waals surface area contributed by atoms with Crippen molar-refractivity contribution in [2.75, 3.05) is 25.5 Å². The lowest BCUT2D eigenvalue weighted by atomic mass is 10.4. The average Bonchev–Trinajstić information content (AvgIpc) is 3.04. The van der Waals surface area contributed by atoms with E-state index in [0.717, 1.165) is 19.1 Å². The molecule has 1 aromatic heterocycles. The largest absolute Gasteiger partial charge is 0.368 e. The van der Waals surface area contributed by atoms with Crippen LogP contribution in [0.15, 0.2) is 12.3 Å². The van der Waals surface area contributed by atoms with Crippen LogP contribution >= 0.6 is 23.2 Å². The van der Waals surface area contributed by atoms with Crippen molar-refractivity contribution in [1.29, 1.82) is 0 Å². The molecule has 0 amide bonds. The van der Waals surface area contributed by atoms with Crippen LogP contribution in [0, 0.1) is 0 Å². The van der Waals surface area contributed by atoms with Gasteiger partial charge in [0.2, 0.25) is 0 Å². The zero-order chi connectivity index (χ0) is 11.5. The van der Waals surface area contributed by atoms with Crippen molar-refractivity contribution in [3.8, 4) is 0 Å². The lowest BCUT2D eigenvalue weighted by Crippen LogP contribution is -2.27. The highest BCUT2D eigenvalue weighted by Crippen LogP contribution is 2.25. The number of hydrogen-bond acceptors (Lipinski definition) is 3. The highest BCUT2D eigenvalue weighted by atomic mass is 35.5. The summed E-state index contributed by atoms with van der Waals surface area (Å²) in [6.07, 6.45) is 4.26. The third-order valence-corrected chi connectivity index (χ3v) is 3.23. The molecule has 0 unspecified atom stereocenters. The topological polar surface area (TPSA) is 28.2 Å². The van der Waals surface area contributed by atoms with E-state index in [2.05, 4.69) is 22.2 Å². The van der Waals surface area contributed by atoms with E-state index < -0.39 is 0 Å². The van der Waals surface area contributed by atoms with Crippen molar-refractivity contribution in [1.82, 2.24) is 9.88 Å². The third-order valence-electron chi connectivity index (χ3n) is 2.73. The molecule has 16 heavy (non-hydrogen) atoms. The zero-order valence-electron chi connectivity index (χ0n) is 9.21. The molecular weight excluding hydrogens is 245 g/mol. The molecule has 5 heteroatoms. The Hall–Kier alpha value is -0.510. The maximum absolute atomic E-state index is 6.00. The Morgan fingerprint density at radius 1 is 1.50 bits per heavy atom. The summed E-state index contributed by atoms with van der Waals surface area (Å²) >= 11 is 11.8. The van der Waals surface area contributed by atoms with Crippen molar-refractivity contribution in [2.24, 2.45) is 0 Å². The summed E-state index contributed by atoms with van der Waals surface area (Å²) in [6.45, 7) is 1.85. The maximum atomic E-state index is 6.00. The molecule has 0 atom stereocenters. The standard InChI is InChI=1S/C11H15Cl2N3/c1-16(9-2-3-9)5-4-14-11-10(13)6-8(12)7-15-11/h6-7,9H,2-5H2,1H3,(H,14,15). The number of anilines is 1. The monoisotopic (exact) mass is 259 g/mol. The molecule has 1 saturated carbocycles. The van der Waals surface area contributed by atoms with Gasteiger partial charge in [-0.1, -0.05) is 23.2 Å². The minimum Gasteiger partial charge on any atom is -0.368 e. The van der Waals surface area contributed by atoms with Gasteiger partial charge in [0.1, 0.15) is 5.82 Å². The van der Waals surface area contributed by atoms with Gasteiger partial charge in [-0.3, -0.25) is 0 Å². The molecule has 1 aliphatic rings. The number of nitrogens with one attached hydrogen (secondary N) is 1. The van der Waals surface area contributed by atoms with E-state index in [4.69, 9.17) is 23.2 Å². The van der Waals surface area contributed by atoms with Crippen LogP contribution in [0.1, 0.15) is 12.8 Å². The van der Waals surface area contributed by atoms with Crippen LogP contribution in [0.25, 0.3) is 0 Å². The molecule has 1 heterocycles. The average molecular weight is 260 g/mol. The molecule has 0 bridgehead atoms. The summed E-state index contributed by atoms with van der Waals surface area (Å²) in [5.74, 6) is 0.704. The molecule has 2 rings (SSSR count). The van der Waals surface area contributed by atoms with Crippen molar-refractivity contribution in [3.63, 3.8) is 0 Å². The molecule has 0 aliphatic heterocycles. The first-order valence-corrected chi connectivity index (χ1v) is 6.17.